The first-order valence-corrected chi connectivity index (χ1v) is 5.50. The average Bonchev–Trinajstić information content (AvgIpc) is 2.28. The summed E-state index contributed by atoms with van der Waals surface area (Å²) in [4.78, 5) is 15.4. The van der Waals surface area contributed by atoms with Gasteiger partial charge in [-0.25, -0.2) is 4.39 Å². The van der Waals surface area contributed by atoms with Crippen molar-refractivity contribution >= 4 is 5.91 Å². The SMILES string of the molecule is CC1(C)C(O)CC1NC(=O)c1cncc(F)c1. The van der Waals surface area contributed by atoms with Crippen LogP contribution in [0, 0.1) is 11.2 Å². The average molecular weight is 238 g/mol. The lowest BCUT2D eigenvalue weighted by atomic mass is 9.64. The van der Waals surface area contributed by atoms with Gasteiger partial charge in [-0.2, -0.15) is 0 Å². The van der Waals surface area contributed by atoms with E-state index in [1.165, 1.54) is 6.20 Å². The quantitative estimate of drug-likeness (QED) is 0.811. The molecule has 2 N–H and O–H groups in total. The molecule has 2 atom stereocenters. The summed E-state index contributed by atoms with van der Waals surface area (Å²) in [5.41, 5.74) is -0.140. The second-order valence-corrected chi connectivity index (χ2v) is 4.99. The molecule has 5 heteroatoms. The molecular weight excluding hydrogens is 223 g/mol. The van der Waals surface area contributed by atoms with Gasteiger partial charge >= 0.3 is 0 Å². The Morgan fingerprint density at radius 3 is 2.82 bits per heavy atom. The van der Waals surface area contributed by atoms with E-state index in [0.717, 1.165) is 12.3 Å². The van der Waals surface area contributed by atoms with Crippen LogP contribution in [-0.2, 0) is 0 Å². The van der Waals surface area contributed by atoms with Crippen LogP contribution >= 0.6 is 0 Å². The van der Waals surface area contributed by atoms with E-state index in [9.17, 15) is 14.3 Å². The van der Waals surface area contributed by atoms with Crippen LogP contribution in [0.15, 0.2) is 18.5 Å². The molecular formula is C12H15FN2O2. The number of carbonyl (C=O) groups is 1. The minimum atomic E-state index is -0.537. The number of halogens is 1. The smallest absolute Gasteiger partial charge is 0.253 e. The number of nitrogens with zero attached hydrogens (tertiary/aromatic N) is 1. The molecule has 1 fully saturated rings. The molecule has 0 spiro atoms. The number of carbonyl (C=O) groups excluding carboxylic acids is 1. The zero-order valence-electron chi connectivity index (χ0n) is 9.77. The molecule has 17 heavy (non-hydrogen) atoms. The molecule has 1 saturated carbocycles. The third-order valence-corrected chi connectivity index (χ3v) is 3.49. The maximum atomic E-state index is 12.9. The molecule has 2 rings (SSSR count). The Morgan fingerprint density at radius 1 is 1.59 bits per heavy atom. The first-order valence-electron chi connectivity index (χ1n) is 5.50. The van der Waals surface area contributed by atoms with E-state index in [1.807, 2.05) is 13.8 Å². The number of nitrogens with one attached hydrogen (secondary N) is 1. The number of pyridine rings is 1. The van der Waals surface area contributed by atoms with E-state index in [1.54, 1.807) is 0 Å². The molecule has 1 aromatic rings. The van der Waals surface area contributed by atoms with E-state index >= 15 is 0 Å². The van der Waals surface area contributed by atoms with Gasteiger partial charge in [-0.3, -0.25) is 9.78 Å². The molecule has 1 amide bonds. The largest absolute Gasteiger partial charge is 0.392 e. The molecule has 1 aliphatic rings. The van der Waals surface area contributed by atoms with Crippen molar-refractivity contribution in [3.05, 3.63) is 29.8 Å². The monoisotopic (exact) mass is 238 g/mol. The van der Waals surface area contributed by atoms with Crippen molar-refractivity contribution in [1.82, 2.24) is 10.3 Å². The Bertz CT molecular complexity index is 448. The Labute approximate surface area is 98.9 Å². The Balaban J connectivity index is 2.04. The topological polar surface area (TPSA) is 62.2 Å². The molecule has 2 unspecified atom stereocenters. The van der Waals surface area contributed by atoms with Crippen LogP contribution in [0.4, 0.5) is 4.39 Å². The molecule has 1 heterocycles. The predicted molar refractivity (Wildman–Crippen MR) is 59.9 cm³/mol. The Morgan fingerprint density at radius 2 is 2.29 bits per heavy atom. The van der Waals surface area contributed by atoms with Crippen molar-refractivity contribution < 1.29 is 14.3 Å². The van der Waals surface area contributed by atoms with Crippen LogP contribution in [0.25, 0.3) is 0 Å². The highest BCUT2D eigenvalue weighted by Gasteiger charge is 2.47. The van der Waals surface area contributed by atoms with Crippen LogP contribution < -0.4 is 5.32 Å². The van der Waals surface area contributed by atoms with Crippen molar-refractivity contribution in [3.8, 4) is 0 Å². The highest BCUT2D eigenvalue weighted by molar-refractivity contribution is 5.94. The number of aliphatic hydroxyl groups excluding tert-OH is 1. The van der Waals surface area contributed by atoms with Gasteiger partial charge < -0.3 is 10.4 Å². The lowest BCUT2D eigenvalue weighted by Gasteiger charge is -2.49. The number of amides is 1. The number of aromatic nitrogens is 1. The first kappa shape index (κ1) is 12.0. The van der Waals surface area contributed by atoms with E-state index in [4.69, 9.17) is 0 Å². The van der Waals surface area contributed by atoms with E-state index in [0.29, 0.717) is 6.42 Å². The minimum absolute atomic E-state index is 0.0896. The summed E-state index contributed by atoms with van der Waals surface area (Å²) >= 11 is 0. The fourth-order valence-corrected chi connectivity index (χ4v) is 1.93. The molecule has 0 bridgehead atoms. The number of rotatable bonds is 2. The molecule has 0 aliphatic heterocycles. The van der Waals surface area contributed by atoms with E-state index < -0.39 is 11.9 Å². The highest BCUT2D eigenvalue weighted by Crippen LogP contribution is 2.40. The first-order chi connectivity index (χ1) is 7.91. The van der Waals surface area contributed by atoms with Gasteiger partial charge in [0.25, 0.3) is 5.91 Å². The molecule has 1 aliphatic carbocycles. The van der Waals surface area contributed by atoms with Crippen molar-refractivity contribution in [2.24, 2.45) is 5.41 Å². The lowest BCUT2D eigenvalue weighted by Crippen LogP contribution is -2.61. The summed E-state index contributed by atoms with van der Waals surface area (Å²) in [5, 5.41) is 12.3. The molecule has 92 valence electrons. The van der Waals surface area contributed by atoms with Crippen LogP contribution in [-0.4, -0.2) is 28.1 Å². The Hall–Kier alpha value is -1.49. The molecule has 0 aromatic carbocycles. The fourth-order valence-electron chi connectivity index (χ4n) is 1.93. The second-order valence-electron chi connectivity index (χ2n) is 4.99. The molecule has 4 nitrogen and oxygen atoms in total. The molecule has 0 radical (unpaired) electrons. The van der Waals surface area contributed by atoms with Crippen molar-refractivity contribution in [2.75, 3.05) is 0 Å². The number of hydrogen-bond acceptors (Lipinski definition) is 3. The van der Waals surface area contributed by atoms with Crippen molar-refractivity contribution in [3.63, 3.8) is 0 Å². The highest BCUT2D eigenvalue weighted by atomic mass is 19.1. The van der Waals surface area contributed by atoms with Crippen LogP contribution in [0.5, 0.6) is 0 Å². The second kappa shape index (κ2) is 4.07. The third kappa shape index (κ3) is 2.15. The standard InChI is InChI=1S/C12H15FN2O2/c1-12(2)9(4-10(12)16)15-11(17)7-3-8(13)6-14-5-7/h3,5-6,9-10,16H,4H2,1-2H3,(H,15,17). The Kier molecular flexibility index (Phi) is 2.87. The summed E-state index contributed by atoms with van der Waals surface area (Å²) < 4.78 is 12.9. The van der Waals surface area contributed by atoms with Gasteiger partial charge in [-0.1, -0.05) is 13.8 Å². The zero-order chi connectivity index (χ0) is 12.6. The normalized spacial score (nSPS) is 26.1. The van der Waals surface area contributed by atoms with Crippen molar-refractivity contribution in [2.45, 2.75) is 32.4 Å². The van der Waals surface area contributed by atoms with Crippen LogP contribution in [0.3, 0.4) is 0 Å². The van der Waals surface area contributed by atoms with Crippen LogP contribution in [0.1, 0.15) is 30.6 Å². The van der Waals surface area contributed by atoms with Gasteiger partial charge in [-0.05, 0) is 12.5 Å². The maximum absolute atomic E-state index is 12.9. The summed E-state index contributed by atoms with van der Waals surface area (Å²) in [6, 6.07) is 1.05. The summed E-state index contributed by atoms with van der Waals surface area (Å²) in [7, 11) is 0. The molecule has 1 aromatic heterocycles. The van der Waals surface area contributed by atoms with Gasteiger partial charge in [0.2, 0.25) is 0 Å². The number of hydrogen-bond donors (Lipinski definition) is 2. The summed E-state index contributed by atoms with van der Waals surface area (Å²) in [5.74, 6) is -0.896. The maximum Gasteiger partial charge on any atom is 0.253 e. The third-order valence-electron chi connectivity index (χ3n) is 3.49. The molecule has 0 saturated heterocycles. The minimum Gasteiger partial charge on any atom is -0.392 e. The van der Waals surface area contributed by atoms with Gasteiger partial charge in [-0.15, -0.1) is 0 Å². The zero-order valence-corrected chi connectivity index (χ0v) is 9.77. The summed E-state index contributed by atoms with van der Waals surface area (Å²) in [6.07, 6.45) is 2.49. The van der Waals surface area contributed by atoms with Crippen molar-refractivity contribution in [1.29, 1.82) is 0 Å². The van der Waals surface area contributed by atoms with Gasteiger partial charge in [0.15, 0.2) is 0 Å². The fraction of sp³-hybridized carbons (Fsp3) is 0.500. The lowest BCUT2D eigenvalue weighted by molar-refractivity contribution is -0.0689. The summed E-state index contributed by atoms with van der Waals surface area (Å²) in [6.45, 7) is 3.77. The van der Waals surface area contributed by atoms with Gasteiger partial charge in [0, 0.05) is 17.7 Å². The van der Waals surface area contributed by atoms with E-state index in [2.05, 4.69) is 10.3 Å². The van der Waals surface area contributed by atoms with Gasteiger partial charge in [0.1, 0.15) is 5.82 Å². The van der Waals surface area contributed by atoms with Crippen LogP contribution in [0.2, 0.25) is 0 Å². The van der Waals surface area contributed by atoms with E-state index in [-0.39, 0.29) is 22.9 Å². The van der Waals surface area contributed by atoms with Gasteiger partial charge in [0.05, 0.1) is 17.9 Å². The number of aliphatic hydroxyl groups is 1. The predicted octanol–water partition coefficient (Wildman–Crippen LogP) is 1.11.